The lowest BCUT2D eigenvalue weighted by atomic mass is 10.4. The van der Waals surface area contributed by atoms with E-state index < -0.39 is 0 Å². The van der Waals surface area contributed by atoms with Crippen molar-refractivity contribution in [1.29, 1.82) is 0 Å². The van der Waals surface area contributed by atoms with E-state index in [0.717, 1.165) is 9.26 Å². The third-order valence-corrected chi connectivity index (χ3v) is 2.02. The third kappa shape index (κ3) is 1.51. The van der Waals surface area contributed by atoms with Gasteiger partial charge in [-0.25, -0.2) is 9.97 Å². The summed E-state index contributed by atoms with van der Waals surface area (Å²) in [6.07, 6.45) is 1.71. The summed E-state index contributed by atoms with van der Waals surface area (Å²) in [5.41, 5.74) is 6.36. The second kappa shape index (κ2) is 2.47. The Labute approximate surface area is 66.8 Å². The molecule has 0 aromatic carbocycles. The summed E-state index contributed by atoms with van der Waals surface area (Å²) < 4.78 is 0.917. The first-order chi connectivity index (χ1) is 4.20. The number of aryl methyl sites for hydroxylation is 1. The van der Waals surface area contributed by atoms with Crippen molar-refractivity contribution in [2.24, 2.45) is 0 Å². The minimum Gasteiger partial charge on any atom is -0.368 e. The molecule has 0 atom stereocenters. The molecule has 0 unspecified atom stereocenters. The molecule has 1 heterocycles. The third-order valence-electron chi connectivity index (χ3n) is 0.929. The van der Waals surface area contributed by atoms with Crippen LogP contribution in [0.2, 0.25) is 0 Å². The molecule has 1 rings (SSSR count). The first-order valence-corrected chi connectivity index (χ1v) is 3.52. The Morgan fingerprint density at radius 3 is 2.78 bits per heavy atom. The maximum absolute atomic E-state index is 5.30. The average molecular weight is 235 g/mol. The fraction of sp³-hybridized carbons (Fsp3) is 0.200. The van der Waals surface area contributed by atoms with Crippen LogP contribution < -0.4 is 5.73 Å². The molecule has 2 N–H and O–H groups in total. The highest BCUT2D eigenvalue weighted by molar-refractivity contribution is 14.1. The largest absolute Gasteiger partial charge is 0.368 e. The Kier molecular flexibility index (Phi) is 1.84. The topological polar surface area (TPSA) is 51.8 Å². The van der Waals surface area contributed by atoms with E-state index in [-0.39, 0.29) is 0 Å². The molecule has 0 radical (unpaired) electrons. The zero-order valence-corrected chi connectivity index (χ0v) is 7.08. The molecule has 48 valence electrons. The van der Waals surface area contributed by atoms with Crippen molar-refractivity contribution in [1.82, 2.24) is 9.97 Å². The van der Waals surface area contributed by atoms with Crippen LogP contribution in [0.1, 0.15) is 5.56 Å². The van der Waals surface area contributed by atoms with E-state index in [0.29, 0.717) is 5.95 Å². The number of hydrogen-bond donors (Lipinski definition) is 1. The van der Waals surface area contributed by atoms with Gasteiger partial charge in [0.2, 0.25) is 5.95 Å². The van der Waals surface area contributed by atoms with Crippen molar-refractivity contribution in [3.63, 3.8) is 0 Å². The zero-order chi connectivity index (χ0) is 6.85. The maximum atomic E-state index is 5.30. The Hall–Kier alpha value is -0.390. The van der Waals surface area contributed by atoms with Crippen molar-refractivity contribution < 1.29 is 0 Å². The molecule has 0 aliphatic carbocycles. The van der Waals surface area contributed by atoms with E-state index in [2.05, 4.69) is 32.6 Å². The van der Waals surface area contributed by atoms with Gasteiger partial charge in [0.05, 0.1) is 0 Å². The van der Waals surface area contributed by atoms with E-state index >= 15 is 0 Å². The van der Waals surface area contributed by atoms with Gasteiger partial charge < -0.3 is 5.73 Å². The standard InChI is InChI=1S/C5H6IN3/c1-3-2-8-5(7)9-4(3)6/h2H,1H3,(H2,7,8,9). The molecule has 0 spiro atoms. The van der Waals surface area contributed by atoms with Crippen LogP contribution in [-0.4, -0.2) is 9.97 Å². The molecule has 0 amide bonds. The highest BCUT2D eigenvalue weighted by Gasteiger charge is 1.94. The van der Waals surface area contributed by atoms with Gasteiger partial charge in [-0.1, -0.05) is 0 Å². The molecule has 0 aliphatic heterocycles. The second-order valence-electron chi connectivity index (χ2n) is 1.70. The Morgan fingerprint density at radius 1 is 1.67 bits per heavy atom. The van der Waals surface area contributed by atoms with E-state index in [1.54, 1.807) is 6.20 Å². The van der Waals surface area contributed by atoms with Gasteiger partial charge in [-0.15, -0.1) is 0 Å². The summed E-state index contributed by atoms with van der Waals surface area (Å²) in [5.74, 6) is 0.338. The van der Waals surface area contributed by atoms with E-state index in [1.165, 1.54) is 0 Å². The zero-order valence-electron chi connectivity index (χ0n) is 4.93. The highest BCUT2D eigenvalue weighted by Crippen LogP contribution is 2.06. The van der Waals surface area contributed by atoms with Gasteiger partial charge >= 0.3 is 0 Å². The minimum absolute atomic E-state index is 0.338. The first-order valence-electron chi connectivity index (χ1n) is 2.45. The fourth-order valence-corrected chi connectivity index (χ4v) is 0.820. The van der Waals surface area contributed by atoms with Crippen LogP contribution in [0.15, 0.2) is 6.20 Å². The van der Waals surface area contributed by atoms with Crippen LogP contribution in [0.5, 0.6) is 0 Å². The molecule has 9 heavy (non-hydrogen) atoms. The van der Waals surface area contributed by atoms with Crippen LogP contribution in [0, 0.1) is 10.6 Å². The average Bonchev–Trinajstić information content (AvgIpc) is 1.80. The predicted molar refractivity (Wildman–Crippen MR) is 43.9 cm³/mol. The maximum Gasteiger partial charge on any atom is 0.220 e. The first kappa shape index (κ1) is 6.73. The van der Waals surface area contributed by atoms with Gasteiger partial charge in [0.15, 0.2) is 0 Å². The van der Waals surface area contributed by atoms with Gasteiger partial charge in [-0.3, -0.25) is 0 Å². The summed E-state index contributed by atoms with van der Waals surface area (Å²) in [6, 6.07) is 0. The normalized spacial score (nSPS) is 9.56. The van der Waals surface area contributed by atoms with Gasteiger partial charge in [0.1, 0.15) is 3.70 Å². The van der Waals surface area contributed by atoms with Crippen molar-refractivity contribution in [3.05, 3.63) is 15.5 Å². The monoisotopic (exact) mass is 235 g/mol. The molecular formula is C5H6IN3. The molecule has 0 fully saturated rings. The highest BCUT2D eigenvalue weighted by atomic mass is 127. The second-order valence-corrected chi connectivity index (χ2v) is 2.72. The molecule has 0 bridgehead atoms. The van der Waals surface area contributed by atoms with Crippen LogP contribution in [0.25, 0.3) is 0 Å². The number of nitrogen functional groups attached to an aromatic ring is 1. The van der Waals surface area contributed by atoms with Gasteiger partial charge in [-0.05, 0) is 35.1 Å². The van der Waals surface area contributed by atoms with Crippen LogP contribution >= 0.6 is 22.6 Å². The molecule has 4 heteroatoms. The number of aromatic nitrogens is 2. The minimum atomic E-state index is 0.338. The fourth-order valence-electron chi connectivity index (χ4n) is 0.434. The number of rotatable bonds is 0. The molecule has 0 saturated carbocycles. The lowest BCUT2D eigenvalue weighted by molar-refractivity contribution is 1.11. The van der Waals surface area contributed by atoms with Crippen molar-refractivity contribution in [2.45, 2.75) is 6.92 Å². The van der Waals surface area contributed by atoms with Gasteiger partial charge in [0.25, 0.3) is 0 Å². The quantitative estimate of drug-likeness (QED) is 0.538. The summed E-state index contributed by atoms with van der Waals surface area (Å²) in [5, 5.41) is 0. The molecular weight excluding hydrogens is 229 g/mol. The number of nitrogens with zero attached hydrogens (tertiary/aromatic N) is 2. The molecule has 0 saturated heterocycles. The lowest BCUT2D eigenvalue weighted by Gasteiger charge is -1.94. The van der Waals surface area contributed by atoms with E-state index in [4.69, 9.17) is 5.73 Å². The molecule has 1 aromatic rings. The molecule has 0 aliphatic rings. The smallest absolute Gasteiger partial charge is 0.220 e. The SMILES string of the molecule is Cc1cnc(N)nc1I. The van der Waals surface area contributed by atoms with Gasteiger partial charge in [0, 0.05) is 6.20 Å². The van der Waals surface area contributed by atoms with Crippen molar-refractivity contribution in [2.75, 3.05) is 5.73 Å². The summed E-state index contributed by atoms with van der Waals surface area (Å²) >= 11 is 2.12. The van der Waals surface area contributed by atoms with E-state index in [1.807, 2.05) is 6.92 Å². The Morgan fingerprint density at radius 2 is 2.33 bits per heavy atom. The van der Waals surface area contributed by atoms with Crippen molar-refractivity contribution >= 4 is 28.5 Å². The molecule has 1 aromatic heterocycles. The number of hydrogen-bond acceptors (Lipinski definition) is 3. The summed E-state index contributed by atoms with van der Waals surface area (Å²) in [7, 11) is 0. The van der Waals surface area contributed by atoms with Crippen LogP contribution in [0.4, 0.5) is 5.95 Å². The van der Waals surface area contributed by atoms with Crippen LogP contribution in [0.3, 0.4) is 0 Å². The van der Waals surface area contributed by atoms with E-state index in [9.17, 15) is 0 Å². The predicted octanol–water partition coefficient (Wildman–Crippen LogP) is 0.972. The number of halogens is 1. The number of anilines is 1. The lowest BCUT2D eigenvalue weighted by Crippen LogP contribution is -1.97. The Bertz CT molecular complexity index is 223. The van der Waals surface area contributed by atoms with Crippen LogP contribution in [-0.2, 0) is 0 Å². The summed E-state index contributed by atoms with van der Waals surface area (Å²) in [6.45, 7) is 1.95. The van der Waals surface area contributed by atoms with Gasteiger partial charge in [-0.2, -0.15) is 0 Å². The number of nitrogens with two attached hydrogens (primary N) is 1. The summed E-state index contributed by atoms with van der Waals surface area (Å²) in [4.78, 5) is 7.73. The molecule has 3 nitrogen and oxygen atoms in total. The van der Waals surface area contributed by atoms with Crippen molar-refractivity contribution in [3.8, 4) is 0 Å². The Balaban J connectivity index is 3.17.